The van der Waals surface area contributed by atoms with E-state index in [0.29, 0.717) is 13.2 Å². The predicted molar refractivity (Wildman–Crippen MR) is 35.2 cm³/mol. The van der Waals surface area contributed by atoms with Crippen LogP contribution in [-0.2, 0) is 8.92 Å². The Morgan fingerprint density at radius 1 is 1.67 bits per heavy atom. The molecule has 54 valence electrons. The minimum Gasteiger partial charge on any atom is -0.388 e. The normalized spacial score (nSPS) is 35.3. The maximum atomic E-state index is 9.06. The summed E-state index contributed by atoms with van der Waals surface area (Å²) in [7, 11) is 0. The van der Waals surface area contributed by atoms with E-state index in [1.165, 1.54) is 12.0 Å². The van der Waals surface area contributed by atoms with E-state index in [1.54, 1.807) is 0 Å². The predicted octanol–water partition coefficient (Wildman–Crippen LogP) is 0.0407. The Hall–Kier alpha value is 0.230. The van der Waals surface area contributed by atoms with Gasteiger partial charge < -0.3 is 14.0 Å². The monoisotopic (exact) mass is 150 g/mol. The minimum absolute atomic E-state index is 0.125. The molecule has 0 aromatic carbocycles. The van der Waals surface area contributed by atoms with Gasteiger partial charge >= 0.3 is 0 Å². The van der Waals surface area contributed by atoms with Crippen LogP contribution < -0.4 is 0 Å². The zero-order valence-electron chi connectivity index (χ0n) is 5.24. The lowest BCUT2D eigenvalue weighted by Crippen LogP contribution is -2.24. The fourth-order valence-corrected chi connectivity index (χ4v) is 1.17. The molecule has 2 atom stereocenters. The van der Waals surface area contributed by atoms with Crippen LogP contribution in [-0.4, -0.2) is 36.8 Å². The Morgan fingerprint density at radius 3 is 2.89 bits per heavy atom. The molecule has 0 spiro atoms. The standard InChI is InChI=1S/C5H10O3S/c1-9-8-5-3-7-2-4(5)6/h4-6H,2-3H2,1H3/t4-,5-/m1/s1. The van der Waals surface area contributed by atoms with Crippen molar-refractivity contribution in [3.05, 3.63) is 0 Å². The van der Waals surface area contributed by atoms with Gasteiger partial charge in [0.05, 0.1) is 13.2 Å². The summed E-state index contributed by atoms with van der Waals surface area (Å²) in [5.74, 6) is 0. The molecule has 1 fully saturated rings. The van der Waals surface area contributed by atoms with Crippen molar-refractivity contribution in [2.45, 2.75) is 12.2 Å². The van der Waals surface area contributed by atoms with Crippen LogP contribution >= 0.6 is 12.0 Å². The van der Waals surface area contributed by atoms with Crippen LogP contribution in [0.25, 0.3) is 0 Å². The van der Waals surface area contributed by atoms with Crippen LogP contribution in [0.5, 0.6) is 0 Å². The SMILES string of the molecule is CSO[C@@H]1COC[C@H]1O. The van der Waals surface area contributed by atoms with Crippen LogP contribution in [0.1, 0.15) is 0 Å². The minimum atomic E-state index is -0.433. The third-order valence-corrected chi connectivity index (χ3v) is 1.66. The summed E-state index contributed by atoms with van der Waals surface area (Å²) < 4.78 is 9.99. The van der Waals surface area contributed by atoms with Gasteiger partial charge in [-0.15, -0.1) is 0 Å². The molecule has 4 heteroatoms. The third kappa shape index (κ3) is 1.82. The van der Waals surface area contributed by atoms with Crippen molar-refractivity contribution in [1.82, 2.24) is 0 Å². The molecule has 0 aromatic rings. The fourth-order valence-electron chi connectivity index (χ4n) is 0.739. The molecule has 0 radical (unpaired) electrons. The van der Waals surface area contributed by atoms with Gasteiger partial charge in [0.25, 0.3) is 0 Å². The van der Waals surface area contributed by atoms with Gasteiger partial charge in [0.1, 0.15) is 12.2 Å². The molecular weight excluding hydrogens is 140 g/mol. The highest BCUT2D eigenvalue weighted by molar-refractivity contribution is 7.93. The average molecular weight is 150 g/mol. The molecule has 1 N–H and O–H groups in total. The summed E-state index contributed by atoms with van der Waals surface area (Å²) in [6.07, 6.45) is 1.27. The van der Waals surface area contributed by atoms with Crippen molar-refractivity contribution >= 4 is 12.0 Å². The first-order valence-electron chi connectivity index (χ1n) is 2.80. The van der Waals surface area contributed by atoms with Crippen molar-refractivity contribution in [2.24, 2.45) is 0 Å². The summed E-state index contributed by atoms with van der Waals surface area (Å²) in [5.41, 5.74) is 0. The molecule has 0 bridgehead atoms. The maximum Gasteiger partial charge on any atom is 0.124 e. The summed E-state index contributed by atoms with van der Waals surface area (Å²) in [5, 5.41) is 9.06. The second-order valence-electron chi connectivity index (χ2n) is 1.91. The van der Waals surface area contributed by atoms with E-state index in [0.717, 1.165) is 0 Å². The largest absolute Gasteiger partial charge is 0.388 e. The molecule has 0 aromatic heterocycles. The Balaban J connectivity index is 2.22. The molecule has 1 aliphatic rings. The van der Waals surface area contributed by atoms with E-state index in [2.05, 4.69) is 0 Å². The first-order chi connectivity index (χ1) is 4.34. The highest BCUT2D eigenvalue weighted by Gasteiger charge is 2.26. The molecule has 0 unspecified atom stereocenters. The summed E-state index contributed by atoms with van der Waals surface area (Å²) >= 11 is 1.26. The van der Waals surface area contributed by atoms with Gasteiger partial charge in [0, 0.05) is 6.26 Å². The van der Waals surface area contributed by atoms with Crippen LogP contribution in [0, 0.1) is 0 Å². The summed E-state index contributed by atoms with van der Waals surface area (Å²) in [6.45, 7) is 0.924. The third-order valence-electron chi connectivity index (χ3n) is 1.22. The Bertz CT molecular complexity index is 88.3. The lowest BCUT2D eigenvalue weighted by molar-refractivity contribution is 0.0865. The number of hydrogen-bond donors (Lipinski definition) is 1. The van der Waals surface area contributed by atoms with Gasteiger partial charge in [-0.05, 0) is 12.0 Å². The quantitative estimate of drug-likeness (QED) is 0.564. The van der Waals surface area contributed by atoms with Gasteiger partial charge in [-0.3, -0.25) is 0 Å². The second kappa shape index (κ2) is 3.41. The molecule has 0 aliphatic carbocycles. The second-order valence-corrected chi connectivity index (χ2v) is 2.43. The fraction of sp³-hybridized carbons (Fsp3) is 1.00. The first kappa shape index (κ1) is 7.34. The van der Waals surface area contributed by atoms with E-state index in [-0.39, 0.29) is 6.10 Å². The molecule has 0 saturated carbocycles. The van der Waals surface area contributed by atoms with Crippen molar-refractivity contribution in [1.29, 1.82) is 0 Å². The van der Waals surface area contributed by atoms with Gasteiger partial charge in [0.2, 0.25) is 0 Å². The highest BCUT2D eigenvalue weighted by atomic mass is 32.2. The van der Waals surface area contributed by atoms with E-state index in [9.17, 15) is 0 Å². The molecule has 3 nitrogen and oxygen atoms in total. The Morgan fingerprint density at radius 2 is 2.44 bits per heavy atom. The maximum absolute atomic E-state index is 9.06. The molecule has 1 saturated heterocycles. The van der Waals surface area contributed by atoms with E-state index in [4.69, 9.17) is 14.0 Å². The van der Waals surface area contributed by atoms with Gasteiger partial charge in [0.15, 0.2) is 0 Å². The van der Waals surface area contributed by atoms with Crippen LogP contribution in [0.15, 0.2) is 0 Å². The van der Waals surface area contributed by atoms with Crippen molar-refractivity contribution < 1.29 is 14.0 Å². The Labute approximate surface area is 58.5 Å². The van der Waals surface area contributed by atoms with Crippen molar-refractivity contribution in [3.63, 3.8) is 0 Å². The molecule has 1 rings (SSSR count). The number of aliphatic hydroxyl groups excluding tert-OH is 1. The topological polar surface area (TPSA) is 38.7 Å². The van der Waals surface area contributed by atoms with Gasteiger partial charge in [-0.1, -0.05) is 0 Å². The molecular formula is C5H10O3S. The molecule has 1 aliphatic heterocycles. The first-order valence-corrected chi connectivity index (χ1v) is 3.95. The van der Waals surface area contributed by atoms with E-state index >= 15 is 0 Å². The molecule has 9 heavy (non-hydrogen) atoms. The van der Waals surface area contributed by atoms with Crippen molar-refractivity contribution in [2.75, 3.05) is 19.5 Å². The molecule has 1 heterocycles. The zero-order chi connectivity index (χ0) is 6.69. The molecule has 0 amide bonds. The average Bonchev–Trinajstić information content (AvgIpc) is 2.18. The van der Waals surface area contributed by atoms with Gasteiger partial charge in [-0.2, -0.15) is 0 Å². The summed E-state index contributed by atoms with van der Waals surface area (Å²) in [6, 6.07) is 0. The number of aliphatic hydroxyl groups is 1. The smallest absolute Gasteiger partial charge is 0.124 e. The van der Waals surface area contributed by atoms with Crippen LogP contribution in [0.3, 0.4) is 0 Å². The zero-order valence-corrected chi connectivity index (χ0v) is 6.06. The van der Waals surface area contributed by atoms with Crippen LogP contribution in [0.4, 0.5) is 0 Å². The van der Waals surface area contributed by atoms with Gasteiger partial charge in [-0.25, -0.2) is 0 Å². The lowest BCUT2D eigenvalue weighted by atomic mass is 10.3. The van der Waals surface area contributed by atoms with Crippen LogP contribution in [0.2, 0.25) is 0 Å². The summed E-state index contributed by atoms with van der Waals surface area (Å²) in [4.78, 5) is 0. The van der Waals surface area contributed by atoms with Crippen molar-refractivity contribution in [3.8, 4) is 0 Å². The lowest BCUT2D eigenvalue weighted by Gasteiger charge is -2.09. The number of ether oxygens (including phenoxy) is 1. The van der Waals surface area contributed by atoms with E-state index in [1.807, 2.05) is 6.26 Å². The van der Waals surface area contributed by atoms with E-state index < -0.39 is 6.10 Å². The number of hydrogen-bond acceptors (Lipinski definition) is 4. The highest BCUT2D eigenvalue weighted by Crippen LogP contribution is 2.13. The number of rotatable bonds is 2. The Kier molecular flexibility index (Phi) is 2.78.